The lowest BCUT2D eigenvalue weighted by Crippen LogP contribution is -2.35. The molecule has 0 saturated carbocycles. The smallest absolute Gasteiger partial charge is 0.224 e. The van der Waals surface area contributed by atoms with E-state index < -0.39 is 0 Å². The van der Waals surface area contributed by atoms with Gasteiger partial charge in [0.05, 0.1) is 12.6 Å². The minimum atomic E-state index is 0.0702. The molecule has 0 aromatic carbocycles. The van der Waals surface area contributed by atoms with Crippen LogP contribution < -0.4 is 11.5 Å². The van der Waals surface area contributed by atoms with Crippen molar-refractivity contribution in [2.24, 2.45) is 27.4 Å². The summed E-state index contributed by atoms with van der Waals surface area (Å²) in [6.45, 7) is 5.19. The van der Waals surface area contributed by atoms with E-state index >= 15 is 0 Å². The van der Waals surface area contributed by atoms with Gasteiger partial charge in [-0.15, -0.1) is 0 Å². The van der Waals surface area contributed by atoms with Crippen LogP contribution in [-0.2, 0) is 0 Å². The van der Waals surface area contributed by atoms with Crippen molar-refractivity contribution in [1.82, 2.24) is 4.90 Å². The Morgan fingerprint density at radius 3 is 2.79 bits per heavy atom. The molecule has 0 amide bonds. The molecule has 0 spiro atoms. The van der Waals surface area contributed by atoms with E-state index in [0.717, 1.165) is 13.0 Å². The first-order valence-electron chi connectivity index (χ1n) is 4.87. The Kier molecular flexibility index (Phi) is 3.33. The summed E-state index contributed by atoms with van der Waals surface area (Å²) in [4.78, 5) is 10.3. The SMILES string of the molecule is CC(C)C[C@@H]1CN=C(N=C(N)N)N1C. The number of nitrogens with zero attached hydrogens (tertiary/aromatic N) is 3. The van der Waals surface area contributed by atoms with Crippen LogP contribution in [0.3, 0.4) is 0 Å². The maximum Gasteiger partial charge on any atom is 0.224 e. The summed E-state index contributed by atoms with van der Waals surface area (Å²) in [5.41, 5.74) is 10.6. The molecule has 4 N–H and O–H groups in total. The number of guanidine groups is 2. The lowest BCUT2D eigenvalue weighted by atomic mass is 10.0. The van der Waals surface area contributed by atoms with Gasteiger partial charge in [0.15, 0.2) is 5.96 Å². The molecule has 0 unspecified atom stereocenters. The van der Waals surface area contributed by atoms with E-state index in [4.69, 9.17) is 11.5 Å². The summed E-state index contributed by atoms with van der Waals surface area (Å²) < 4.78 is 0. The molecule has 5 nitrogen and oxygen atoms in total. The molecule has 1 aliphatic heterocycles. The maximum atomic E-state index is 5.30. The first-order chi connectivity index (χ1) is 6.50. The highest BCUT2D eigenvalue weighted by molar-refractivity contribution is 5.94. The van der Waals surface area contributed by atoms with Crippen molar-refractivity contribution in [1.29, 1.82) is 0 Å². The third kappa shape index (κ3) is 2.61. The van der Waals surface area contributed by atoms with Gasteiger partial charge in [0, 0.05) is 7.05 Å². The normalized spacial score (nSPS) is 21.3. The Bertz CT molecular complexity index is 252. The lowest BCUT2D eigenvalue weighted by Gasteiger charge is -2.22. The van der Waals surface area contributed by atoms with Gasteiger partial charge in [0.1, 0.15) is 0 Å². The second-order valence-corrected chi connectivity index (χ2v) is 4.07. The molecular formula is C9H19N5. The van der Waals surface area contributed by atoms with Gasteiger partial charge >= 0.3 is 0 Å². The van der Waals surface area contributed by atoms with Gasteiger partial charge in [-0.05, 0) is 12.3 Å². The lowest BCUT2D eigenvalue weighted by molar-refractivity contribution is 0.340. The van der Waals surface area contributed by atoms with Crippen molar-refractivity contribution in [2.75, 3.05) is 13.6 Å². The van der Waals surface area contributed by atoms with Crippen molar-refractivity contribution < 1.29 is 0 Å². The zero-order valence-electron chi connectivity index (χ0n) is 9.07. The fourth-order valence-corrected chi connectivity index (χ4v) is 1.59. The highest BCUT2D eigenvalue weighted by atomic mass is 15.3. The Labute approximate surface area is 84.9 Å². The summed E-state index contributed by atoms with van der Waals surface area (Å²) in [6.07, 6.45) is 1.11. The highest BCUT2D eigenvalue weighted by Gasteiger charge is 2.24. The molecule has 5 heteroatoms. The van der Waals surface area contributed by atoms with E-state index in [1.54, 1.807) is 0 Å². The molecule has 1 aliphatic rings. The summed E-state index contributed by atoms with van der Waals surface area (Å²) >= 11 is 0. The van der Waals surface area contributed by atoms with Crippen LogP contribution in [0.2, 0.25) is 0 Å². The Morgan fingerprint density at radius 1 is 1.64 bits per heavy atom. The Hall–Kier alpha value is -1.26. The fourth-order valence-electron chi connectivity index (χ4n) is 1.59. The average Bonchev–Trinajstić information content (AvgIpc) is 2.34. The van der Waals surface area contributed by atoms with Crippen molar-refractivity contribution in [3.63, 3.8) is 0 Å². The maximum absolute atomic E-state index is 5.30. The van der Waals surface area contributed by atoms with Gasteiger partial charge in [-0.3, -0.25) is 0 Å². The van der Waals surface area contributed by atoms with Crippen LogP contribution in [0, 0.1) is 5.92 Å². The van der Waals surface area contributed by atoms with Crippen LogP contribution in [0.5, 0.6) is 0 Å². The first kappa shape index (κ1) is 10.8. The molecule has 1 atom stereocenters. The number of rotatable bonds is 2. The quantitative estimate of drug-likeness (QED) is 0.482. The van der Waals surface area contributed by atoms with Crippen molar-refractivity contribution >= 4 is 11.9 Å². The molecule has 80 valence electrons. The molecule has 0 aromatic heterocycles. The number of hydrogen-bond donors (Lipinski definition) is 2. The fraction of sp³-hybridized carbons (Fsp3) is 0.778. The van der Waals surface area contributed by atoms with Gasteiger partial charge in [0.2, 0.25) is 5.96 Å². The van der Waals surface area contributed by atoms with Crippen molar-refractivity contribution in [2.45, 2.75) is 26.3 Å². The number of aliphatic imine (C=N–C) groups is 2. The van der Waals surface area contributed by atoms with Gasteiger partial charge in [0.25, 0.3) is 0 Å². The zero-order chi connectivity index (χ0) is 10.7. The van der Waals surface area contributed by atoms with E-state index in [1.807, 2.05) is 11.9 Å². The zero-order valence-corrected chi connectivity index (χ0v) is 9.07. The average molecular weight is 197 g/mol. The third-order valence-electron chi connectivity index (χ3n) is 2.28. The second-order valence-electron chi connectivity index (χ2n) is 4.07. The summed E-state index contributed by atoms with van der Waals surface area (Å²) in [5.74, 6) is 1.38. The first-order valence-corrected chi connectivity index (χ1v) is 4.87. The highest BCUT2D eigenvalue weighted by Crippen LogP contribution is 2.16. The van der Waals surface area contributed by atoms with Crippen LogP contribution in [0.4, 0.5) is 0 Å². The molecule has 14 heavy (non-hydrogen) atoms. The predicted molar refractivity (Wildman–Crippen MR) is 59.1 cm³/mol. The minimum Gasteiger partial charge on any atom is -0.370 e. The monoisotopic (exact) mass is 197 g/mol. The summed E-state index contributed by atoms with van der Waals surface area (Å²) in [6, 6.07) is 0.438. The van der Waals surface area contributed by atoms with Crippen LogP contribution in [0.15, 0.2) is 9.98 Å². The summed E-state index contributed by atoms with van der Waals surface area (Å²) in [5, 5.41) is 0. The molecule has 1 rings (SSSR count). The number of likely N-dealkylation sites (N-methyl/N-ethyl adjacent to an activating group) is 1. The summed E-state index contributed by atoms with van der Waals surface area (Å²) in [7, 11) is 1.98. The molecule has 0 fully saturated rings. The Balaban J connectivity index is 2.57. The van der Waals surface area contributed by atoms with Gasteiger partial charge < -0.3 is 16.4 Å². The largest absolute Gasteiger partial charge is 0.370 e. The van der Waals surface area contributed by atoms with E-state index in [0.29, 0.717) is 17.9 Å². The molecular weight excluding hydrogens is 178 g/mol. The van der Waals surface area contributed by atoms with E-state index in [-0.39, 0.29) is 5.96 Å². The molecule has 0 aliphatic carbocycles. The van der Waals surface area contributed by atoms with Crippen LogP contribution in [-0.4, -0.2) is 36.5 Å². The number of hydrogen-bond acceptors (Lipinski definition) is 3. The third-order valence-corrected chi connectivity index (χ3v) is 2.28. The molecule has 0 radical (unpaired) electrons. The number of nitrogens with two attached hydrogens (primary N) is 2. The van der Waals surface area contributed by atoms with Crippen molar-refractivity contribution in [3.05, 3.63) is 0 Å². The van der Waals surface area contributed by atoms with E-state index in [9.17, 15) is 0 Å². The van der Waals surface area contributed by atoms with E-state index in [2.05, 4.69) is 23.8 Å². The molecule has 0 aromatic rings. The standard InChI is InChI=1S/C9H19N5/c1-6(2)4-7-5-12-9(14(7)3)13-8(10)11/h6-7H,4-5H2,1-3H3,(H4,10,11,12,13)/t7-/m1/s1. The molecule has 0 saturated heterocycles. The minimum absolute atomic E-state index is 0.0702. The van der Waals surface area contributed by atoms with E-state index in [1.165, 1.54) is 0 Å². The van der Waals surface area contributed by atoms with Gasteiger partial charge in [-0.1, -0.05) is 13.8 Å². The van der Waals surface area contributed by atoms with Crippen LogP contribution in [0.25, 0.3) is 0 Å². The molecule has 0 bridgehead atoms. The van der Waals surface area contributed by atoms with Crippen molar-refractivity contribution in [3.8, 4) is 0 Å². The topological polar surface area (TPSA) is 80.0 Å². The predicted octanol–water partition coefficient (Wildman–Crippen LogP) is -0.0241. The van der Waals surface area contributed by atoms with Gasteiger partial charge in [-0.25, -0.2) is 4.99 Å². The van der Waals surface area contributed by atoms with Crippen LogP contribution >= 0.6 is 0 Å². The Morgan fingerprint density at radius 2 is 2.29 bits per heavy atom. The van der Waals surface area contributed by atoms with Gasteiger partial charge in [-0.2, -0.15) is 4.99 Å². The molecule has 1 heterocycles. The van der Waals surface area contributed by atoms with Crippen LogP contribution in [0.1, 0.15) is 20.3 Å². The second kappa shape index (κ2) is 4.30.